The molecule has 1 aromatic heterocycles. The molecule has 134 valence electrons. The van der Waals surface area contributed by atoms with Gasteiger partial charge in [0.1, 0.15) is 5.75 Å². The molecule has 9 heteroatoms. The number of carbonyl (C=O) groups excluding carboxylic acids is 2. The molecular formula is C17H17N5O4. The molecule has 2 aromatic rings. The highest BCUT2D eigenvalue weighted by molar-refractivity contribution is 5.99. The van der Waals surface area contributed by atoms with E-state index in [9.17, 15) is 9.59 Å². The Kier molecular flexibility index (Phi) is 3.42. The van der Waals surface area contributed by atoms with Crippen molar-refractivity contribution in [3.05, 3.63) is 35.7 Å². The van der Waals surface area contributed by atoms with Crippen molar-refractivity contribution in [2.75, 3.05) is 25.0 Å². The number of hydrogen-bond donors (Lipinski definition) is 1. The Hall–Kier alpha value is -2.94. The van der Waals surface area contributed by atoms with Gasteiger partial charge in [-0.05, 0) is 24.6 Å². The molecule has 3 aliphatic rings. The minimum Gasteiger partial charge on any atom is -0.482 e. The molecule has 2 amide bonds. The van der Waals surface area contributed by atoms with Crippen molar-refractivity contribution in [1.82, 2.24) is 19.9 Å². The molecule has 2 atom stereocenters. The number of ether oxygens (including phenoxy) is 2. The summed E-state index contributed by atoms with van der Waals surface area (Å²) in [5.41, 5.74) is 2.05. The maximum absolute atomic E-state index is 13.0. The predicted octanol–water partition coefficient (Wildman–Crippen LogP) is 0.595. The first-order valence-corrected chi connectivity index (χ1v) is 8.56. The van der Waals surface area contributed by atoms with Crippen molar-refractivity contribution >= 4 is 17.5 Å². The number of carbonyl (C=O) groups is 2. The monoisotopic (exact) mass is 355 g/mol. The number of benzene rings is 1. The van der Waals surface area contributed by atoms with E-state index in [1.54, 1.807) is 24.4 Å². The minimum absolute atomic E-state index is 0.0212. The van der Waals surface area contributed by atoms with Crippen molar-refractivity contribution in [1.29, 1.82) is 0 Å². The van der Waals surface area contributed by atoms with Gasteiger partial charge in [-0.2, -0.15) is 0 Å². The normalized spacial score (nSPS) is 24.0. The van der Waals surface area contributed by atoms with E-state index in [0.717, 1.165) is 12.1 Å². The number of aromatic nitrogens is 3. The lowest BCUT2D eigenvalue weighted by Crippen LogP contribution is -2.49. The van der Waals surface area contributed by atoms with Gasteiger partial charge in [0.05, 0.1) is 36.3 Å². The van der Waals surface area contributed by atoms with Crippen LogP contribution in [0.2, 0.25) is 0 Å². The van der Waals surface area contributed by atoms with Crippen LogP contribution in [0.4, 0.5) is 5.69 Å². The molecule has 1 saturated heterocycles. The number of anilines is 1. The molecule has 0 bridgehead atoms. The number of nitrogens with zero attached hydrogens (tertiary/aromatic N) is 4. The molecule has 2 unspecified atom stereocenters. The highest BCUT2D eigenvalue weighted by atomic mass is 16.5. The van der Waals surface area contributed by atoms with Crippen LogP contribution in [0, 0.1) is 0 Å². The third-order valence-electron chi connectivity index (χ3n) is 5.08. The van der Waals surface area contributed by atoms with Crippen LogP contribution in [0.3, 0.4) is 0 Å². The lowest BCUT2D eigenvalue weighted by Gasteiger charge is -2.41. The zero-order valence-corrected chi connectivity index (χ0v) is 13.9. The largest absolute Gasteiger partial charge is 0.482 e. The van der Waals surface area contributed by atoms with Crippen LogP contribution in [0.15, 0.2) is 24.4 Å². The Labute approximate surface area is 148 Å². The SMILES string of the molecule is O=C1COc2cc(C(=O)N3CCC4OCc5cnnn5C4C3)ccc2N1. The summed E-state index contributed by atoms with van der Waals surface area (Å²) in [6.07, 6.45) is 2.51. The van der Waals surface area contributed by atoms with Gasteiger partial charge in [0, 0.05) is 18.7 Å². The number of piperidine rings is 1. The Balaban J connectivity index is 1.38. The van der Waals surface area contributed by atoms with Gasteiger partial charge >= 0.3 is 0 Å². The van der Waals surface area contributed by atoms with Gasteiger partial charge in [0.25, 0.3) is 11.8 Å². The molecule has 4 heterocycles. The molecule has 26 heavy (non-hydrogen) atoms. The summed E-state index contributed by atoms with van der Waals surface area (Å²) in [6.45, 7) is 1.62. The molecule has 1 N–H and O–H groups in total. The van der Waals surface area contributed by atoms with Gasteiger partial charge in [-0.15, -0.1) is 5.10 Å². The molecule has 0 saturated carbocycles. The number of nitrogens with one attached hydrogen (secondary N) is 1. The summed E-state index contributed by atoms with van der Waals surface area (Å²) in [6, 6.07) is 5.07. The van der Waals surface area contributed by atoms with E-state index >= 15 is 0 Å². The molecule has 1 fully saturated rings. The molecule has 0 spiro atoms. The number of amides is 2. The van der Waals surface area contributed by atoms with Crippen LogP contribution in [0.25, 0.3) is 0 Å². The lowest BCUT2D eigenvalue weighted by molar-refractivity contribution is -0.118. The van der Waals surface area contributed by atoms with Gasteiger partial charge < -0.3 is 19.7 Å². The fourth-order valence-corrected chi connectivity index (χ4v) is 3.75. The number of fused-ring (bicyclic) bond motifs is 4. The van der Waals surface area contributed by atoms with E-state index in [4.69, 9.17) is 9.47 Å². The van der Waals surface area contributed by atoms with E-state index in [1.807, 2.05) is 9.58 Å². The maximum Gasteiger partial charge on any atom is 0.262 e. The van der Waals surface area contributed by atoms with Crippen molar-refractivity contribution in [2.24, 2.45) is 0 Å². The first kappa shape index (κ1) is 15.3. The van der Waals surface area contributed by atoms with Crippen molar-refractivity contribution < 1.29 is 19.1 Å². The van der Waals surface area contributed by atoms with Gasteiger partial charge in [-0.25, -0.2) is 4.68 Å². The lowest BCUT2D eigenvalue weighted by atomic mass is 9.99. The first-order chi connectivity index (χ1) is 12.7. The second-order valence-electron chi connectivity index (χ2n) is 6.67. The summed E-state index contributed by atoms with van der Waals surface area (Å²) < 4.78 is 13.2. The molecular weight excluding hydrogens is 338 g/mol. The second kappa shape index (κ2) is 5.80. The summed E-state index contributed by atoms with van der Waals surface area (Å²) >= 11 is 0. The molecule has 1 aromatic carbocycles. The van der Waals surface area contributed by atoms with Crippen molar-refractivity contribution in [3.63, 3.8) is 0 Å². The van der Waals surface area contributed by atoms with Crippen LogP contribution >= 0.6 is 0 Å². The summed E-state index contributed by atoms with van der Waals surface area (Å²) in [5.74, 6) is 0.253. The molecule has 3 aliphatic heterocycles. The Morgan fingerprint density at radius 1 is 1.31 bits per heavy atom. The van der Waals surface area contributed by atoms with Gasteiger partial charge in [0.15, 0.2) is 6.61 Å². The smallest absolute Gasteiger partial charge is 0.262 e. The van der Waals surface area contributed by atoms with Gasteiger partial charge in [-0.1, -0.05) is 5.21 Å². The van der Waals surface area contributed by atoms with Crippen molar-refractivity contribution in [3.8, 4) is 5.75 Å². The predicted molar refractivity (Wildman–Crippen MR) is 88.7 cm³/mol. The van der Waals surface area contributed by atoms with E-state index in [2.05, 4.69) is 15.6 Å². The first-order valence-electron chi connectivity index (χ1n) is 8.56. The Morgan fingerprint density at radius 3 is 3.15 bits per heavy atom. The van der Waals surface area contributed by atoms with Crippen LogP contribution in [-0.2, 0) is 16.1 Å². The average molecular weight is 355 g/mol. The molecule has 5 rings (SSSR count). The van der Waals surface area contributed by atoms with Crippen LogP contribution in [0.1, 0.15) is 28.5 Å². The van der Waals surface area contributed by atoms with Crippen LogP contribution in [-0.4, -0.2) is 57.5 Å². The molecule has 9 nitrogen and oxygen atoms in total. The maximum atomic E-state index is 13.0. The standard InChI is InChI=1S/C17H17N5O4/c23-16-9-26-15-5-10(1-2-12(15)19-16)17(24)21-4-3-14-13(7-21)22-11(8-25-14)6-18-20-22/h1-2,5-6,13-14H,3-4,7-9H2,(H,19,23). The minimum atomic E-state index is -0.195. The van der Waals surface area contributed by atoms with Crippen LogP contribution < -0.4 is 10.1 Å². The van der Waals surface area contributed by atoms with Gasteiger partial charge in [0.2, 0.25) is 0 Å². The van der Waals surface area contributed by atoms with Gasteiger partial charge in [-0.3, -0.25) is 9.59 Å². The molecule has 0 radical (unpaired) electrons. The average Bonchev–Trinajstić information content (AvgIpc) is 3.16. The third-order valence-corrected chi connectivity index (χ3v) is 5.08. The summed E-state index contributed by atoms with van der Waals surface area (Å²) in [4.78, 5) is 26.1. The van der Waals surface area contributed by atoms with E-state index in [0.29, 0.717) is 36.7 Å². The second-order valence-corrected chi connectivity index (χ2v) is 6.67. The fourth-order valence-electron chi connectivity index (χ4n) is 3.75. The molecule has 0 aliphatic carbocycles. The highest BCUT2D eigenvalue weighted by Gasteiger charge is 2.38. The summed E-state index contributed by atoms with van der Waals surface area (Å²) in [5, 5.41) is 10.8. The third kappa shape index (κ3) is 2.43. The highest BCUT2D eigenvalue weighted by Crippen LogP contribution is 2.32. The topological polar surface area (TPSA) is 98.6 Å². The zero-order valence-electron chi connectivity index (χ0n) is 13.9. The summed E-state index contributed by atoms with van der Waals surface area (Å²) in [7, 11) is 0. The zero-order chi connectivity index (χ0) is 17.7. The fraction of sp³-hybridized carbons (Fsp3) is 0.412. The van der Waals surface area contributed by atoms with E-state index in [1.165, 1.54) is 0 Å². The van der Waals surface area contributed by atoms with E-state index in [-0.39, 0.29) is 30.6 Å². The quantitative estimate of drug-likeness (QED) is 0.804. The van der Waals surface area contributed by atoms with Crippen LogP contribution in [0.5, 0.6) is 5.75 Å². The van der Waals surface area contributed by atoms with Crippen molar-refractivity contribution in [2.45, 2.75) is 25.2 Å². The Morgan fingerprint density at radius 2 is 2.23 bits per heavy atom. The number of likely N-dealkylation sites (tertiary alicyclic amines) is 1. The van der Waals surface area contributed by atoms with E-state index < -0.39 is 0 Å². The number of hydrogen-bond acceptors (Lipinski definition) is 6. The number of rotatable bonds is 1. The Bertz CT molecular complexity index is 895.